The number of benzene rings is 2. The number of aromatic hydroxyl groups is 1. The summed E-state index contributed by atoms with van der Waals surface area (Å²) >= 11 is 0. The highest BCUT2D eigenvalue weighted by Gasteiger charge is 2.17. The molecule has 0 aliphatic carbocycles. The smallest absolute Gasteiger partial charge is 0.257 e. The molecule has 0 aliphatic heterocycles. The van der Waals surface area contributed by atoms with Crippen LogP contribution in [0, 0.1) is 0 Å². The van der Waals surface area contributed by atoms with Crippen LogP contribution in [0.1, 0.15) is 10.4 Å². The Morgan fingerprint density at radius 3 is 2.74 bits per heavy atom. The molecule has 0 fully saturated rings. The van der Waals surface area contributed by atoms with Gasteiger partial charge in [0, 0.05) is 26.1 Å². The molecule has 0 aliphatic rings. The van der Waals surface area contributed by atoms with Crippen LogP contribution in [0.5, 0.6) is 5.75 Å². The van der Waals surface area contributed by atoms with Gasteiger partial charge in [0.2, 0.25) is 0 Å². The van der Waals surface area contributed by atoms with E-state index >= 15 is 0 Å². The van der Waals surface area contributed by atoms with Crippen molar-refractivity contribution in [3.8, 4) is 5.75 Å². The zero-order chi connectivity index (χ0) is 13.8. The first-order valence-electron chi connectivity index (χ1n) is 6.10. The molecule has 0 heterocycles. The van der Waals surface area contributed by atoms with Crippen LogP contribution in [0.2, 0.25) is 0 Å². The molecule has 0 saturated carbocycles. The fourth-order valence-electron chi connectivity index (χ4n) is 1.96. The van der Waals surface area contributed by atoms with Crippen molar-refractivity contribution in [1.29, 1.82) is 0 Å². The number of fused-ring (bicyclic) bond motifs is 1. The fourth-order valence-corrected chi connectivity index (χ4v) is 1.96. The van der Waals surface area contributed by atoms with E-state index in [1.807, 2.05) is 24.3 Å². The molecule has 0 atom stereocenters. The van der Waals surface area contributed by atoms with Gasteiger partial charge < -0.3 is 14.7 Å². The average molecular weight is 259 g/mol. The number of carbonyl (C=O) groups is 1. The van der Waals surface area contributed by atoms with E-state index in [1.165, 1.54) is 4.90 Å². The first-order chi connectivity index (χ1) is 9.15. The summed E-state index contributed by atoms with van der Waals surface area (Å²) in [6, 6.07) is 10.9. The summed E-state index contributed by atoms with van der Waals surface area (Å²) in [6.45, 7) is 0.957. The number of hydrogen-bond donors (Lipinski definition) is 1. The largest absolute Gasteiger partial charge is 0.506 e. The minimum absolute atomic E-state index is 0.0346. The van der Waals surface area contributed by atoms with E-state index in [9.17, 15) is 9.90 Å². The van der Waals surface area contributed by atoms with Gasteiger partial charge >= 0.3 is 0 Å². The van der Waals surface area contributed by atoms with E-state index in [1.54, 1.807) is 26.3 Å². The lowest BCUT2D eigenvalue weighted by atomic mass is 10.0. The van der Waals surface area contributed by atoms with Gasteiger partial charge in [-0.3, -0.25) is 4.79 Å². The van der Waals surface area contributed by atoms with Gasteiger partial charge in [-0.05, 0) is 11.5 Å². The van der Waals surface area contributed by atoms with E-state index in [4.69, 9.17) is 4.74 Å². The van der Waals surface area contributed by atoms with Crippen LogP contribution in [0.3, 0.4) is 0 Å². The van der Waals surface area contributed by atoms with Crippen molar-refractivity contribution in [3.05, 3.63) is 42.0 Å². The maximum Gasteiger partial charge on any atom is 0.257 e. The minimum Gasteiger partial charge on any atom is -0.506 e. The van der Waals surface area contributed by atoms with Crippen LogP contribution >= 0.6 is 0 Å². The number of phenols is 1. The van der Waals surface area contributed by atoms with E-state index in [0.29, 0.717) is 24.1 Å². The summed E-state index contributed by atoms with van der Waals surface area (Å²) in [7, 11) is 3.28. The van der Waals surface area contributed by atoms with Crippen LogP contribution in [-0.4, -0.2) is 43.2 Å². The maximum atomic E-state index is 12.2. The molecule has 2 rings (SSSR count). The molecule has 19 heavy (non-hydrogen) atoms. The number of phenolic OH excluding ortho intramolecular Hbond substituents is 1. The second kappa shape index (κ2) is 5.71. The number of nitrogens with zero attached hydrogens (tertiary/aromatic N) is 1. The van der Waals surface area contributed by atoms with Gasteiger partial charge in [-0.1, -0.05) is 30.3 Å². The summed E-state index contributed by atoms with van der Waals surface area (Å²) in [5.41, 5.74) is 0.317. The number of rotatable bonds is 4. The SMILES string of the molecule is COCCN(C)C(=O)c1ccc2ccccc2c1O. The molecule has 1 N–H and O–H groups in total. The molecule has 100 valence electrons. The van der Waals surface area contributed by atoms with Gasteiger partial charge in [0.1, 0.15) is 5.75 Å². The van der Waals surface area contributed by atoms with E-state index in [2.05, 4.69) is 0 Å². The van der Waals surface area contributed by atoms with Gasteiger partial charge in [0.15, 0.2) is 0 Å². The van der Waals surface area contributed by atoms with Crippen LogP contribution in [0.25, 0.3) is 10.8 Å². The summed E-state index contributed by atoms with van der Waals surface area (Å²) in [4.78, 5) is 13.8. The molecule has 0 unspecified atom stereocenters. The Bertz CT molecular complexity index is 595. The fraction of sp³-hybridized carbons (Fsp3) is 0.267. The lowest BCUT2D eigenvalue weighted by molar-refractivity contribution is 0.0741. The number of likely N-dealkylation sites (N-methyl/N-ethyl adjacent to an activating group) is 1. The molecule has 4 heteroatoms. The van der Waals surface area contributed by atoms with Gasteiger partial charge in [0.05, 0.1) is 12.2 Å². The predicted molar refractivity (Wildman–Crippen MR) is 74.4 cm³/mol. The normalized spacial score (nSPS) is 10.6. The minimum atomic E-state index is -0.208. The Balaban J connectivity index is 2.35. The van der Waals surface area contributed by atoms with E-state index < -0.39 is 0 Å². The molecule has 0 spiro atoms. The first-order valence-corrected chi connectivity index (χ1v) is 6.10. The summed E-state index contributed by atoms with van der Waals surface area (Å²) in [6.07, 6.45) is 0. The zero-order valence-corrected chi connectivity index (χ0v) is 11.1. The van der Waals surface area contributed by atoms with Crippen LogP contribution in [-0.2, 0) is 4.74 Å². The van der Waals surface area contributed by atoms with Gasteiger partial charge in [0.25, 0.3) is 5.91 Å². The molecule has 0 radical (unpaired) electrons. The highest BCUT2D eigenvalue weighted by Crippen LogP contribution is 2.29. The zero-order valence-electron chi connectivity index (χ0n) is 11.1. The molecule has 1 amide bonds. The van der Waals surface area contributed by atoms with Crippen molar-refractivity contribution in [2.45, 2.75) is 0 Å². The Morgan fingerprint density at radius 2 is 2.00 bits per heavy atom. The quantitative estimate of drug-likeness (QED) is 0.916. The number of carbonyl (C=O) groups excluding carboxylic acids is 1. The first kappa shape index (κ1) is 13.4. The van der Waals surface area contributed by atoms with Crippen LogP contribution in [0.4, 0.5) is 0 Å². The third kappa shape index (κ3) is 2.69. The van der Waals surface area contributed by atoms with Crippen LogP contribution in [0.15, 0.2) is 36.4 Å². The molecule has 2 aromatic rings. The molecular weight excluding hydrogens is 242 g/mol. The molecule has 0 bridgehead atoms. The highest BCUT2D eigenvalue weighted by atomic mass is 16.5. The molecular formula is C15H17NO3. The standard InChI is InChI=1S/C15H17NO3/c1-16(9-10-19-2)15(18)13-8-7-11-5-3-4-6-12(11)14(13)17/h3-8,17H,9-10H2,1-2H3. The number of ether oxygens (including phenoxy) is 1. The lowest BCUT2D eigenvalue weighted by Crippen LogP contribution is -2.29. The van der Waals surface area contributed by atoms with Gasteiger partial charge in [-0.15, -0.1) is 0 Å². The maximum absolute atomic E-state index is 12.2. The van der Waals surface area contributed by atoms with Crippen molar-refractivity contribution in [2.75, 3.05) is 27.3 Å². The van der Waals surface area contributed by atoms with E-state index in [0.717, 1.165) is 5.39 Å². The second-order valence-electron chi connectivity index (χ2n) is 4.40. The van der Waals surface area contributed by atoms with E-state index in [-0.39, 0.29) is 11.7 Å². The molecule has 0 aromatic heterocycles. The van der Waals surface area contributed by atoms with Crippen molar-refractivity contribution in [3.63, 3.8) is 0 Å². The third-order valence-electron chi connectivity index (χ3n) is 3.11. The molecule has 4 nitrogen and oxygen atoms in total. The van der Waals surface area contributed by atoms with Crippen molar-refractivity contribution < 1.29 is 14.6 Å². The lowest BCUT2D eigenvalue weighted by Gasteiger charge is -2.17. The average Bonchev–Trinajstić information content (AvgIpc) is 2.44. The van der Waals surface area contributed by atoms with Gasteiger partial charge in [-0.25, -0.2) is 0 Å². The number of hydrogen-bond acceptors (Lipinski definition) is 3. The van der Waals surface area contributed by atoms with Crippen molar-refractivity contribution in [1.82, 2.24) is 4.90 Å². The monoisotopic (exact) mass is 259 g/mol. The van der Waals surface area contributed by atoms with Crippen molar-refractivity contribution >= 4 is 16.7 Å². The third-order valence-corrected chi connectivity index (χ3v) is 3.11. The molecule has 0 saturated heterocycles. The van der Waals surface area contributed by atoms with Crippen LogP contribution < -0.4 is 0 Å². The Morgan fingerprint density at radius 1 is 1.26 bits per heavy atom. The second-order valence-corrected chi connectivity index (χ2v) is 4.40. The summed E-state index contributed by atoms with van der Waals surface area (Å²) in [5.74, 6) is -0.173. The molecule has 2 aromatic carbocycles. The summed E-state index contributed by atoms with van der Waals surface area (Å²) < 4.78 is 4.94. The Hall–Kier alpha value is -2.07. The van der Waals surface area contributed by atoms with Gasteiger partial charge in [-0.2, -0.15) is 0 Å². The Labute approximate surface area is 112 Å². The topological polar surface area (TPSA) is 49.8 Å². The number of methoxy groups -OCH3 is 1. The summed E-state index contributed by atoms with van der Waals surface area (Å²) in [5, 5.41) is 11.8. The number of amides is 1. The Kier molecular flexibility index (Phi) is 4.02. The predicted octanol–water partition coefficient (Wildman–Crippen LogP) is 2.26. The van der Waals surface area contributed by atoms with Crippen molar-refractivity contribution in [2.24, 2.45) is 0 Å². The highest BCUT2D eigenvalue weighted by molar-refractivity contribution is 6.03.